The van der Waals surface area contributed by atoms with Gasteiger partial charge in [-0.3, -0.25) is 9.69 Å². The fraction of sp³-hybridized carbons (Fsp3) is 0.700. The van der Waals surface area contributed by atoms with Crippen LogP contribution in [-0.2, 0) is 9.53 Å². The number of esters is 1. The number of halogens is 1. The van der Waals surface area contributed by atoms with E-state index in [4.69, 9.17) is 16.3 Å². The topological polar surface area (TPSA) is 29.5 Å². The van der Waals surface area contributed by atoms with E-state index in [0.717, 1.165) is 12.8 Å². The summed E-state index contributed by atoms with van der Waals surface area (Å²) in [5.74, 6) is -0.213. The zero-order valence-corrected chi connectivity index (χ0v) is 9.38. The van der Waals surface area contributed by atoms with Crippen LogP contribution in [0.3, 0.4) is 0 Å². The number of ether oxygens (including phenoxy) is 1. The summed E-state index contributed by atoms with van der Waals surface area (Å²) in [6.45, 7) is 6.04. The van der Waals surface area contributed by atoms with Crippen molar-refractivity contribution in [1.82, 2.24) is 4.90 Å². The molecule has 3 nitrogen and oxygen atoms in total. The second kappa shape index (κ2) is 4.80. The van der Waals surface area contributed by atoms with E-state index in [9.17, 15) is 4.79 Å². The van der Waals surface area contributed by atoms with Crippen molar-refractivity contribution in [2.45, 2.75) is 31.8 Å². The molecule has 1 saturated carbocycles. The summed E-state index contributed by atoms with van der Waals surface area (Å²) in [4.78, 5) is 13.4. The Kier molecular flexibility index (Phi) is 3.96. The van der Waals surface area contributed by atoms with Crippen LogP contribution in [0.5, 0.6) is 0 Å². The van der Waals surface area contributed by atoms with Crippen LogP contribution in [-0.4, -0.2) is 36.6 Å². The Morgan fingerprint density at radius 1 is 1.71 bits per heavy atom. The third-order valence-corrected chi connectivity index (χ3v) is 2.53. The van der Waals surface area contributed by atoms with Crippen LogP contribution in [0.4, 0.5) is 0 Å². The van der Waals surface area contributed by atoms with Gasteiger partial charge in [-0.25, -0.2) is 0 Å². The van der Waals surface area contributed by atoms with E-state index in [1.165, 1.54) is 7.11 Å². The SMILES string of the molecule is C=C(Cl)CN(C1CC1)[C@H](C)C(=O)OC. The monoisotopic (exact) mass is 217 g/mol. The van der Waals surface area contributed by atoms with Crippen molar-refractivity contribution in [3.8, 4) is 0 Å². The minimum absolute atomic E-state index is 0.213. The number of carbonyl (C=O) groups excluding carboxylic acids is 1. The van der Waals surface area contributed by atoms with E-state index in [2.05, 4.69) is 6.58 Å². The smallest absolute Gasteiger partial charge is 0.322 e. The van der Waals surface area contributed by atoms with Gasteiger partial charge in [0.25, 0.3) is 0 Å². The maximum absolute atomic E-state index is 11.3. The summed E-state index contributed by atoms with van der Waals surface area (Å²) >= 11 is 5.75. The first-order chi connectivity index (χ1) is 6.56. The number of carbonyl (C=O) groups is 1. The molecule has 0 aliphatic heterocycles. The van der Waals surface area contributed by atoms with Gasteiger partial charge in [0.2, 0.25) is 0 Å². The Bertz CT molecular complexity index is 238. The van der Waals surface area contributed by atoms with Crippen LogP contribution in [0.25, 0.3) is 0 Å². The summed E-state index contributed by atoms with van der Waals surface area (Å²) in [6, 6.07) is 0.239. The van der Waals surface area contributed by atoms with Gasteiger partial charge >= 0.3 is 5.97 Å². The molecule has 0 bridgehead atoms. The van der Waals surface area contributed by atoms with E-state index < -0.39 is 0 Å². The first-order valence-electron chi connectivity index (χ1n) is 4.73. The van der Waals surface area contributed by atoms with E-state index in [-0.39, 0.29) is 12.0 Å². The molecule has 14 heavy (non-hydrogen) atoms. The fourth-order valence-electron chi connectivity index (χ4n) is 1.49. The van der Waals surface area contributed by atoms with Gasteiger partial charge in [0, 0.05) is 17.6 Å². The summed E-state index contributed by atoms with van der Waals surface area (Å²) in [5, 5.41) is 0.563. The van der Waals surface area contributed by atoms with E-state index in [1.54, 1.807) is 0 Å². The summed E-state index contributed by atoms with van der Waals surface area (Å²) in [6.07, 6.45) is 2.26. The van der Waals surface area contributed by atoms with Gasteiger partial charge in [0.1, 0.15) is 6.04 Å². The molecule has 1 aliphatic carbocycles. The van der Waals surface area contributed by atoms with Crippen molar-refractivity contribution in [3.63, 3.8) is 0 Å². The molecule has 0 aromatic carbocycles. The molecule has 80 valence electrons. The third-order valence-electron chi connectivity index (χ3n) is 2.41. The Morgan fingerprint density at radius 3 is 2.64 bits per heavy atom. The van der Waals surface area contributed by atoms with Crippen LogP contribution in [0.1, 0.15) is 19.8 Å². The molecule has 0 aromatic heterocycles. The molecular formula is C10H16ClNO2. The Labute approximate surface area is 89.7 Å². The van der Waals surface area contributed by atoms with Crippen molar-refractivity contribution < 1.29 is 9.53 Å². The van der Waals surface area contributed by atoms with Gasteiger partial charge in [0.15, 0.2) is 0 Å². The molecule has 0 aromatic rings. The summed E-state index contributed by atoms with van der Waals surface area (Å²) < 4.78 is 4.70. The molecule has 0 N–H and O–H groups in total. The molecule has 0 spiro atoms. The Hall–Kier alpha value is -0.540. The maximum Gasteiger partial charge on any atom is 0.322 e. The van der Waals surface area contributed by atoms with Crippen molar-refractivity contribution in [1.29, 1.82) is 0 Å². The molecule has 0 unspecified atom stereocenters. The second-order valence-electron chi connectivity index (χ2n) is 3.62. The maximum atomic E-state index is 11.3. The van der Waals surface area contributed by atoms with Gasteiger partial charge in [0.05, 0.1) is 7.11 Å². The average Bonchev–Trinajstić information content (AvgIpc) is 2.94. The molecule has 1 aliphatic rings. The summed E-state index contributed by atoms with van der Waals surface area (Å²) in [7, 11) is 1.40. The number of hydrogen-bond acceptors (Lipinski definition) is 3. The first-order valence-corrected chi connectivity index (χ1v) is 5.11. The largest absolute Gasteiger partial charge is 0.468 e. The fourth-order valence-corrected chi connectivity index (χ4v) is 1.63. The van der Waals surface area contributed by atoms with Crippen LogP contribution in [0, 0.1) is 0 Å². The highest BCUT2D eigenvalue weighted by Gasteiger charge is 2.35. The van der Waals surface area contributed by atoms with Gasteiger partial charge < -0.3 is 4.74 Å². The predicted octanol–water partition coefficient (Wildman–Crippen LogP) is 1.76. The van der Waals surface area contributed by atoms with Crippen molar-refractivity contribution in [2.24, 2.45) is 0 Å². The lowest BCUT2D eigenvalue weighted by Crippen LogP contribution is -2.41. The van der Waals surface area contributed by atoms with Gasteiger partial charge in [-0.05, 0) is 19.8 Å². The quantitative estimate of drug-likeness (QED) is 0.658. The van der Waals surface area contributed by atoms with Gasteiger partial charge in [-0.15, -0.1) is 0 Å². The molecule has 0 heterocycles. The minimum atomic E-state index is -0.233. The van der Waals surface area contributed by atoms with E-state index >= 15 is 0 Å². The lowest BCUT2D eigenvalue weighted by Gasteiger charge is -2.26. The van der Waals surface area contributed by atoms with Gasteiger partial charge in [-0.1, -0.05) is 18.2 Å². The number of hydrogen-bond donors (Lipinski definition) is 0. The minimum Gasteiger partial charge on any atom is -0.468 e. The average molecular weight is 218 g/mol. The lowest BCUT2D eigenvalue weighted by molar-refractivity contribution is -0.146. The van der Waals surface area contributed by atoms with Crippen LogP contribution in [0.15, 0.2) is 11.6 Å². The Morgan fingerprint density at radius 2 is 2.29 bits per heavy atom. The Balaban J connectivity index is 2.56. The first kappa shape index (κ1) is 11.5. The number of rotatable bonds is 5. The molecule has 4 heteroatoms. The van der Waals surface area contributed by atoms with Crippen LogP contribution >= 0.6 is 11.6 Å². The molecule has 1 atom stereocenters. The third kappa shape index (κ3) is 3.00. The normalized spacial score (nSPS) is 18.0. The van der Waals surface area contributed by atoms with E-state index in [0.29, 0.717) is 17.6 Å². The zero-order chi connectivity index (χ0) is 10.7. The van der Waals surface area contributed by atoms with Crippen LogP contribution in [0.2, 0.25) is 0 Å². The van der Waals surface area contributed by atoms with Gasteiger partial charge in [-0.2, -0.15) is 0 Å². The molecule has 0 saturated heterocycles. The molecule has 0 amide bonds. The molecule has 0 radical (unpaired) electrons. The molecule has 1 fully saturated rings. The molecule has 1 rings (SSSR count). The second-order valence-corrected chi connectivity index (χ2v) is 4.15. The highest BCUT2D eigenvalue weighted by Crippen LogP contribution is 2.29. The number of methoxy groups -OCH3 is 1. The van der Waals surface area contributed by atoms with Crippen LogP contribution < -0.4 is 0 Å². The van der Waals surface area contributed by atoms with Crippen molar-refractivity contribution in [2.75, 3.05) is 13.7 Å². The van der Waals surface area contributed by atoms with Crippen molar-refractivity contribution >= 4 is 17.6 Å². The highest BCUT2D eigenvalue weighted by molar-refractivity contribution is 6.29. The summed E-state index contributed by atoms with van der Waals surface area (Å²) in [5.41, 5.74) is 0. The predicted molar refractivity (Wildman–Crippen MR) is 56.2 cm³/mol. The highest BCUT2D eigenvalue weighted by atomic mass is 35.5. The van der Waals surface area contributed by atoms with Crippen molar-refractivity contribution in [3.05, 3.63) is 11.6 Å². The van der Waals surface area contributed by atoms with E-state index in [1.807, 2.05) is 11.8 Å². The lowest BCUT2D eigenvalue weighted by atomic mass is 10.2. The zero-order valence-electron chi connectivity index (χ0n) is 8.62. The molecular weight excluding hydrogens is 202 g/mol. The standard InChI is InChI=1S/C10H16ClNO2/c1-7(11)6-12(9-4-5-9)8(2)10(13)14-3/h8-9H,1,4-6H2,2-3H3/t8-/m1/s1. The number of nitrogens with zero attached hydrogens (tertiary/aromatic N) is 1.